The van der Waals surface area contributed by atoms with Gasteiger partial charge in [-0.3, -0.25) is 14.4 Å². The van der Waals surface area contributed by atoms with Gasteiger partial charge in [0.15, 0.2) is 12.4 Å². The molecule has 0 radical (unpaired) electrons. The Labute approximate surface area is 228 Å². The lowest BCUT2D eigenvalue weighted by Crippen LogP contribution is -2.41. The molecule has 0 aliphatic carbocycles. The fourth-order valence-electron chi connectivity index (χ4n) is 3.35. The maximum atomic E-state index is 13.1. The smallest absolute Gasteiger partial charge is 0.305 e. The lowest BCUT2D eigenvalue weighted by Gasteiger charge is -2.11. The van der Waals surface area contributed by atoms with Crippen LogP contribution in [0.15, 0.2) is 83.0 Å². The van der Waals surface area contributed by atoms with Crippen LogP contribution in [0.5, 0.6) is 0 Å². The largest absolute Gasteiger partial charge is 0.321 e. The number of aromatic nitrogens is 3. The predicted molar refractivity (Wildman–Crippen MR) is 149 cm³/mol. The van der Waals surface area contributed by atoms with Gasteiger partial charge in [-0.1, -0.05) is 29.8 Å². The van der Waals surface area contributed by atoms with Crippen molar-refractivity contribution in [3.63, 3.8) is 0 Å². The van der Waals surface area contributed by atoms with Crippen molar-refractivity contribution in [2.45, 2.75) is 19.9 Å². The van der Waals surface area contributed by atoms with Gasteiger partial charge in [0.05, 0.1) is 11.0 Å². The number of halogens is 2. The number of H-pyrrole nitrogens is 1. The summed E-state index contributed by atoms with van der Waals surface area (Å²) in [6.45, 7) is 1.80. The average Bonchev–Trinajstić information content (AvgIpc) is 2.84. The second-order valence-corrected chi connectivity index (χ2v) is 8.20. The molecule has 0 bridgehead atoms. The third-order valence-electron chi connectivity index (χ3n) is 5.12. The monoisotopic (exact) mass is 617 g/mol. The van der Waals surface area contributed by atoms with E-state index in [0.29, 0.717) is 21.7 Å². The number of hydrogen-bond acceptors (Lipinski definition) is 5. The van der Waals surface area contributed by atoms with Crippen LogP contribution in [-0.4, -0.2) is 27.5 Å². The average molecular weight is 618 g/mol. The summed E-state index contributed by atoms with van der Waals surface area (Å²) in [5.74, 6) is -1.02. The number of benzene rings is 2. The van der Waals surface area contributed by atoms with Crippen molar-refractivity contribution in [2.75, 3.05) is 5.32 Å². The third kappa shape index (κ3) is 6.95. The van der Waals surface area contributed by atoms with Gasteiger partial charge in [0.2, 0.25) is 6.54 Å². The lowest BCUT2D eigenvalue weighted by molar-refractivity contribution is -0.684. The minimum Gasteiger partial charge on any atom is -0.321 e. The number of amides is 2. The SMILES string of the molecule is Cc1cc(Cl)ccc1NC(=O)/C(Cc1nc2ccccc2[nH]c1=O)=N\NC(=O)C[n+]1ccccc1.I. The second kappa shape index (κ2) is 12.4. The maximum Gasteiger partial charge on any atom is 0.305 e. The van der Waals surface area contributed by atoms with Crippen LogP contribution in [0, 0.1) is 6.92 Å². The fraction of sp³-hybridized carbons (Fsp3) is 0.120. The molecule has 0 unspecified atom stereocenters. The van der Waals surface area contributed by atoms with E-state index >= 15 is 0 Å². The van der Waals surface area contributed by atoms with Crippen LogP contribution in [0.3, 0.4) is 0 Å². The fourth-order valence-corrected chi connectivity index (χ4v) is 3.58. The zero-order valence-corrected chi connectivity index (χ0v) is 22.3. The van der Waals surface area contributed by atoms with Gasteiger partial charge in [-0.2, -0.15) is 9.67 Å². The van der Waals surface area contributed by atoms with Crippen molar-refractivity contribution >= 4 is 69.8 Å². The molecule has 36 heavy (non-hydrogen) atoms. The molecule has 2 aromatic carbocycles. The number of fused-ring (bicyclic) bond motifs is 1. The summed E-state index contributed by atoms with van der Waals surface area (Å²) in [5, 5.41) is 7.35. The molecule has 0 saturated heterocycles. The summed E-state index contributed by atoms with van der Waals surface area (Å²) >= 11 is 6.01. The standard InChI is InChI=1S/C25H21ClN6O3.HI/c1-16-13-17(26)9-10-18(16)28-25(35)22(30-31-23(33)15-32-11-5-2-6-12-32)14-21-24(34)29-20-8-4-3-7-19(20)27-21;/h2-13H,14-15H2,1H3,(H2-,28,29,31,33,34,35);1H/p+1. The molecule has 2 aromatic heterocycles. The number of hydrogen-bond donors (Lipinski definition) is 3. The molecule has 0 atom stereocenters. The quantitative estimate of drug-likeness (QED) is 0.128. The van der Waals surface area contributed by atoms with Crippen molar-refractivity contribution in [1.82, 2.24) is 15.4 Å². The predicted octanol–water partition coefficient (Wildman–Crippen LogP) is 3.14. The van der Waals surface area contributed by atoms with Gasteiger partial charge in [-0.25, -0.2) is 10.4 Å². The van der Waals surface area contributed by atoms with Gasteiger partial charge in [-0.15, -0.1) is 24.0 Å². The molecule has 0 aliphatic heterocycles. The van der Waals surface area contributed by atoms with Crippen molar-refractivity contribution in [1.29, 1.82) is 0 Å². The van der Waals surface area contributed by atoms with Gasteiger partial charge < -0.3 is 10.3 Å². The van der Waals surface area contributed by atoms with Crippen molar-refractivity contribution in [3.05, 3.63) is 99.7 Å². The molecule has 3 N–H and O–H groups in total. The van der Waals surface area contributed by atoms with Crippen LogP contribution < -0.4 is 20.9 Å². The van der Waals surface area contributed by atoms with E-state index < -0.39 is 17.4 Å². The Bertz CT molecular complexity index is 1490. The molecule has 0 aliphatic rings. The minimum atomic E-state index is -0.586. The van der Waals surface area contributed by atoms with Gasteiger partial charge in [-0.05, 0) is 42.8 Å². The Morgan fingerprint density at radius 1 is 1.08 bits per heavy atom. The van der Waals surface area contributed by atoms with Crippen LogP contribution in [0.2, 0.25) is 5.02 Å². The van der Waals surface area contributed by atoms with E-state index in [1.54, 1.807) is 78.5 Å². The van der Waals surface area contributed by atoms with E-state index in [1.807, 2.05) is 6.07 Å². The number of anilines is 1. The number of nitrogens with one attached hydrogen (secondary N) is 3. The molecular formula is C25H23ClIN6O3+. The number of nitrogens with zero attached hydrogens (tertiary/aromatic N) is 3. The van der Waals surface area contributed by atoms with Gasteiger partial charge in [0, 0.05) is 29.3 Å². The normalized spacial score (nSPS) is 11.0. The Morgan fingerprint density at radius 3 is 2.58 bits per heavy atom. The van der Waals surface area contributed by atoms with E-state index in [-0.39, 0.29) is 48.3 Å². The Balaban J connectivity index is 0.00000361. The molecule has 0 spiro atoms. The molecule has 0 saturated carbocycles. The molecule has 9 nitrogen and oxygen atoms in total. The minimum absolute atomic E-state index is 0. The van der Waals surface area contributed by atoms with E-state index in [9.17, 15) is 14.4 Å². The van der Waals surface area contributed by atoms with Crippen LogP contribution in [0.4, 0.5) is 5.69 Å². The van der Waals surface area contributed by atoms with Crippen molar-refractivity contribution in [2.24, 2.45) is 5.10 Å². The Morgan fingerprint density at radius 2 is 1.83 bits per heavy atom. The number of aromatic amines is 1. The van der Waals surface area contributed by atoms with Crippen molar-refractivity contribution < 1.29 is 14.2 Å². The third-order valence-corrected chi connectivity index (χ3v) is 5.36. The zero-order chi connectivity index (χ0) is 24.8. The van der Waals surface area contributed by atoms with Crippen LogP contribution in [0.25, 0.3) is 11.0 Å². The molecule has 11 heteroatoms. The van der Waals surface area contributed by atoms with Crippen LogP contribution >= 0.6 is 35.6 Å². The van der Waals surface area contributed by atoms with E-state index in [2.05, 4.69) is 25.8 Å². The van der Waals surface area contributed by atoms with E-state index in [4.69, 9.17) is 11.6 Å². The second-order valence-electron chi connectivity index (χ2n) is 7.76. The summed E-state index contributed by atoms with van der Waals surface area (Å²) in [5.41, 5.74) is 4.39. The number of carbonyl (C=O) groups is 2. The summed E-state index contributed by atoms with van der Waals surface area (Å²) in [4.78, 5) is 45.3. The highest BCUT2D eigenvalue weighted by Crippen LogP contribution is 2.19. The summed E-state index contributed by atoms with van der Waals surface area (Å²) in [7, 11) is 0. The highest BCUT2D eigenvalue weighted by Gasteiger charge is 2.19. The highest BCUT2D eigenvalue weighted by molar-refractivity contribution is 14.0. The number of rotatable bonds is 7. The van der Waals surface area contributed by atoms with Gasteiger partial charge in [0.1, 0.15) is 11.4 Å². The molecule has 2 amide bonds. The number of pyridine rings is 1. The molecule has 2 heterocycles. The number of para-hydroxylation sites is 2. The Kier molecular flexibility index (Phi) is 9.25. The highest BCUT2D eigenvalue weighted by atomic mass is 127. The molecule has 4 aromatic rings. The van der Waals surface area contributed by atoms with E-state index in [1.165, 1.54) is 0 Å². The molecule has 184 valence electrons. The summed E-state index contributed by atoms with van der Waals surface area (Å²) in [6, 6.07) is 17.5. The molecular weight excluding hydrogens is 595 g/mol. The first-order valence-corrected chi connectivity index (χ1v) is 11.1. The number of hydrazone groups is 1. The molecule has 0 fully saturated rings. The van der Waals surface area contributed by atoms with Crippen molar-refractivity contribution in [3.8, 4) is 0 Å². The van der Waals surface area contributed by atoms with E-state index in [0.717, 1.165) is 5.56 Å². The summed E-state index contributed by atoms with van der Waals surface area (Å²) < 4.78 is 1.66. The van der Waals surface area contributed by atoms with Crippen LogP contribution in [-0.2, 0) is 22.6 Å². The maximum absolute atomic E-state index is 13.1. The zero-order valence-electron chi connectivity index (χ0n) is 19.2. The van der Waals surface area contributed by atoms with Gasteiger partial charge >= 0.3 is 5.91 Å². The summed E-state index contributed by atoms with van der Waals surface area (Å²) in [6.07, 6.45) is 3.27. The number of carbonyl (C=O) groups excluding carboxylic acids is 2. The first-order valence-electron chi connectivity index (χ1n) is 10.7. The Hall–Kier alpha value is -3.64. The molecule has 4 rings (SSSR count). The van der Waals surface area contributed by atoms with Crippen LogP contribution in [0.1, 0.15) is 11.3 Å². The van der Waals surface area contributed by atoms with Gasteiger partial charge in [0.25, 0.3) is 11.5 Å². The first kappa shape index (κ1) is 27.0. The topological polar surface area (TPSA) is 120 Å². The number of aryl methyl sites for hydroxylation is 1. The first-order chi connectivity index (χ1) is 16.9. The lowest BCUT2D eigenvalue weighted by atomic mass is 10.1.